The number of anilines is 1. The lowest BCUT2D eigenvalue weighted by atomic mass is 10.1. The van der Waals surface area contributed by atoms with E-state index >= 15 is 0 Å². The standard InChI is InChI=1S/C18H19ClN6O2/c1-12-7-14(3-4-15(12)19)27-10-18(26)23(2)13-8-24(9-13)17-6-5-16-21-20-11-25(16)22-17/h3-7,11,13H,8-10H2,1-2H3. The lowest BCUT2D eigenvalue weighted by Crippen LogP contribution is -2.60. The van der Waals surface area contributed by atoms with Gasteiger partial charge in [0.2, 0.25) is 0 Å². The van der Waals surface area contributed by atoms with E-state index in [-0.39, 0.29) is 18.6 Å². The van der Waals surface area contributed by atoms with Crippen LogP contribution in [0, 0.1) is 6.92 Å². The summed E-state index contributed by atoms with van der Waals surface area (Å²) in [4.78, 5) is 16.2. The maximum absolute atomic E-state index is 12.4. The third-order valence-electron chi connectivity index (χ3n) is 4.77. The third-order valence-corrected chi connectivity index (χ3v) is 5.19. The zero-order valence-corrected chi connectivity index (χ0v) is 15.8. The SMILES string of the molecule is Cc1cc(OCC(=O)N(C)C2CN(c3ccc4nncn4n3)C2)ccc1Cl. The number of carbonyl (C=O) groups excluding carboxylic acids is 1. The van der Waals surface area contributed by atoms with Crippen LogP contribution in [0.4, 0.5) is 5.82 Å². The Kier molecular flexibility index (Phi) is 4.57. The second-order valence-electron chi connectivity index (χ2n) is 6.59. The first-order valence-electron chi connectivity index (χ1n) is 8.58. The quantitative estimate of drug-likeness (QED) is 0.665. The van der Waals surface area contributed by atoms with E-state index in [1.165, 1.54) is 0 Å². The number of hydrogen-bond donors (Lipinski definition) is 0. The van der Waals surface area contributed by atoms with Crippen LogP contribution in [0.3, 0.4) is 0 Å². The highest BCUT2D eigenvalue weighted by atomic mass is 35.5. The first-order chi connectivity index (χ1) is 13.0. The smallest absolute Gasteiger partial charge is 0.260 e. The second kappa shape index (κ2) is 7.03. The number of halogens is 1. The maximum Gasteiger partial charge on any atom is 0.260 e. The molecule has 0 unspecified atom stereocenters. The molecule has 1 amide bonds. The normalized spacial score (nSPS) is 14.3. The van der Waals surface area contributed by atoms with Gasteiger partial charge in [-0.15, -0.1) is 15.3 Å². The molecule has 4 rings (SSSR count). The molecular weight excluding hydrogens is 368 g/mol. The van der Waals surface area contributed by atoms with Gasteiger partial charge in [0.15, 0.2) is 12.3 Å². The van der Waals surface area contributed by atoms with E-state index in [0.29, 0.717) is 16.4 Å². The van der Waals surface area contributed by atoms with Crippen molar-refractivity contribution in [2.75, 3.05) is 31.6 Å². The number of ether oxygens (including phenoxy) is 1. The van der Waals surface area contributed by atoms with Crippen LogP contribution in [0.15, 0.2) is 36.7 Å². The monoisotopic (exact) mass is 386 g/mol. The van der Waals surface area contributed by atoms with Crippen LogP contribution in [0.5, 0.6) is 5.75 Å². The third kappa shape index (κ3) is 3.52. The fraction of sp³-hybridized carbons (Fsp3) is 0.333. The van der Waals surface area contributed by atoms with Gasteiger partial charge in [-0.1, -0.05) is 11.6 Å². The highest BCUT2D eigenvalue weighted by molar-refractivity contribution is 6.31. The highest BCUT2D eigenvalue weighted by Gasteiger charge is 2.33. The van der Waals surface area contributed by atoms with E-state index in [4.69, 9.17) is 16.3 Å². The molecule has 0 atom stereocenters. The van der Waals surface area contributed by atoms with Crippen LogP contribution in [-0.2, 0) is 4.79 Å². The molecule has 0 saturated carbocycles. The Balaban J connectivity index is 1.30. The van der Waals surface area contributed by atoms with Gasteiger partial charge in [-0.3, -0.25) is 4.79 Å². The summed E-state index contributed by atoms with van der Waals surface area (Å²) in [6.07, 6.45) is 1.57. The Morgan fingerprint density at radius 2 is 2.15 bits per heavy atom. The Bertz CT molecular complexity index is 985. The lowest BCUT2D eigenvalue weighted by molar-refractivity contribution is -0.134. The van der Waals surface area contributed by atoms with Crippen molar-refractivity contribution in [2.24, 2.45) is 0 Å². The van der Waals surface area contributed by atoms with Gasteiger partial charge in [-0.05, 0) is 42.8 Å². The zero-order chi connectivity index (χ0) is 19.0. The molecule has 0 bridgehead atoms. The molecule has 0 aliphatic carbocycles. The highest BCUT2D eigenvalue weighted by Crippen LogP contribution is 2.23. The van der Waals surface area contributed by atoms with Crippen LogP contribution in [0.1, 0.15) is 5.56 Å². The molecule has 1 aromatic carbocycles. The Labute approximate surface area is 161 Å². The van der Waals surface area contributed by atoms with Crippen molar-refractivity contribution in [3.05, 3.63) is 47.2 Å². The summed E-state index contributed by atoms with van der Waals surface area (Å²) in [6, 6.07) is 9.28. The van der Waals surface area contributed by atoms with Gasteiger partial charge in [-0.2, -0.15) is 4.52 Å². The van der Waals surface area contributed by atoms with Gasteiger partial charge >= 0.3 is 0 Å². The summed E-state index contributed by atoms with van der Waals surface area (Å²) in [5, 5.41) is 12.9. The molecule has 1 fully saturated rings. The number of amides is 1. The first-order valence-corrected chi connectivity index (χ1v) is 8.95. The largest absolute Gasteiger partial charge is 0.484 e. The van der Waals surface area contributed by atoms with Gasteiger partial charge < -0.3 is 14.5 Å². The summed E-state index contributed by atoms with van der Waals surface area (Å²) in [7, 11) is 1.80. The predicted octanol–water partition coefficient (Wildman–Crippen LogP) is 1.81. The van der Waals surface area contributed by atoms with E-state index < -0.39 is 0 Å². The molecule has 0 spiro atoms. The average Bonchev–Trinajstić information content (AvgIpc) is 3.09. The number of aromatic nitrogens is 4. The van der Waals surface area contributed by atoms with E-state index in [9.17, 15) is 4.79 Å². The number of fused-ring (bicyclic) bond motifs is 1. The fourth-order valence-corrected chi connectivity index (χ4v) is 3.05. The van der Waals surface area contributed by atoms with Crippen molar-refractivity contribution in [3.63, 3.8) is 0 Å². The molecule has 9 heteroatoms. The number of rotatable bonds is 5. The van der Waals surface area contributed by atoms with Gasteiger partial charge in [0.1, 0.15) is 17.9 Å². The first kappa shape index (κ1) is 17.5. The van der Waals surface area contributed by atoms with Crippen LogP contribution >= 0.6 is 11.6 Å². The van der Waals surface area contributed by atoms with Crippen LogP contribution in [0.25, 0.3) is 5.65 Å². The van der Waals surface area contributed by atoms with Crippen molar-refractivity contribution >= 4 is 29.0 Å². The fourth-order valence-electron chi connectivity index (χ4n) is 2.93. The minimum Gasteiger partial charge on any atom is -0.484 e. The Morgan fingerprint density at radius 3 is 2.93 bits per heavy atom. The minimum atomic E-state index is -0.0607. The van der Waals surface area contributed by atoms with Crippen LogP contribution < -0.4 is 9.64 Å². The van der Waals surface area contributed by atoms with Crippen LogP contribution in [0.2, 0.25) is 5.02 Å². The van der Waals surface area contributed by atoms with E-state index in [0.717, 1.165) is 24.5 Å². The minimum absolute atomic E-state index is 0.00100. The summed E-state index contributed by atoms with van der Waals surface area (Å²) in [6.45, 7) is 3.35. The second-order valence-corrected chi connectivity index (χ2v) is 7.00. The van der Waals surface area contributed by atoms with Crippen molar-refractivity contribution in [1.29, 1.82) is 0 Å². The van der Waals surface area contributed by atoms with Crippen molar-refractivity contribution in [2.45, 2.75) is 13.0 Å². The molecule has 1 aliphatic rings. The topological polar surface area (TPSA) is 75.9 Å². The summed E-state index contributed by atoms with van der Waals surface area (Å²) >= 11 is 6.00. The van der Waals surface area contributed by atoms with E-state index in [1.807, 2.05) is 25.1 Å². The van der Waals surface area contributed by atoms with Gasteiger partial charge in [0.25, 0.3) is 5.91 Å². The summed E-state index contributed by atoms with van der Waals surface area (Å²) in [5.74, 6) is 1.42. The predicted molar refractivity (Wildman–Crippen MR) is 101 cm³/mol. The Morgan fingerprint density at radius 1 is 1.33 bits per heavy atom. The number of carbonyl (C=O) groups is 1. The number of nitrogens with zero attached hydrogens (tertiary/aromatic N) is 6. The summed E-state index contributed by atoms with van der Waals surface area (Å²) < 4.78 is 7.24. The van der Waals surface area contributed by atoms with Crippen molar-refractivity contribution in [1.82, 2.24) is 24.7 Å². The van der Waals surface area contributed by atoms with E-state index in [2.05, 4.69) is 20.2 Å². The molecule has 0 N–H and O–H groups in total. The molecule has 3 aromatic rings. The molecule has 3 heterocycles. The average molecular weight is 387 g/mol. The molecule has 8 nitrogen and oxygen atoms in total. The molecule has 0 radical (unpaired) electrons. The summed E-state index contributed by atoms with van der Waals surface area (Å²) in [5.41, 5.74) is 1.62. The van der Waals surface area contributed by atoms with Gasteiger partial charge in [0.05, 0.1) is 6.04 Å². The number of hydrogen-bond acceptors (Lipinski definition) is 6. The van der Waals surface area contributed by atoms with Crippen LogP contribution in [-0.4, -0.2) is 63.4 Å². The maximum atomic E-state index is 12.4. The van der Waals surface area contributed by atoms with Gasteiger partial charge in [0, 0.05) is 25.2 Å². The van der Waals surface area contributed by atoms with Crippen molar-refractivity contribution < 1.29 is 9.53 Å². The molecule has 1 aliphatic heterocycles. The van der Waals surface area contributed by atoms with Gasteiger partial charge in [-0.25, -0.2) is 0 Å². The zero-order valence-electron chi connectivity index (χ0n) is 15.0. The molecular formula is C18H19ClN6O2. The molecule has 2 aromatic heterocycles. The lowest BCUT2D eigenvalue weighted by Gasteiger charge is -2.44. The van der Waals surface area contributed by atoms with E-state index in [1.54, 1.807) is 34.9 Å². The Hall–Kier alpha value is -2.87. The molecule has 140 valence electrons. The molecule has 27 heavy (non-hydrogen) atoms. The van der Waals surface area contributed by atoms with Crippen molar-refractivity contribution in [3.8, 4) is 5.75 Å². The number of benzene rings is 1. The molecule has 1 saturated heterocycles. The number of aryl methyl sites for hydroxylation is 1. The number of likely N-dealkylation sites (N-methyl/N-ethyl adjacent to an activating group) is 1.